The average Bonchev–Trinajstić information content (AvgIpc) is 3.74. The number of hydrogen-bond acceptors (Lipinski definition) is 6. The van der Waals surface area contributed by atoms with Crippen LogP contribution in [0.15, 0.2) is 78.2 Å². The van der Waals surface area contributed by atoms with E-state index in [1.54, 1.807) is 23.9 Å². The van der Waals surface area contributed by atoms with Crippen LogP contribution in [-0.4, -0.2) is 114 Å². The minimum atomic E-state index is -0.537. The molecule has 10 nitrogen and oxygen atoms in total. The highest BCUT2D eigenvalue weighted by Crippen LogP contribution is 2.34. The third kappa shape index (κ3) is 16.0. The Morgan fingerprint density at radius 2 is 1.28 bits per heavy atom. The molecule has 4 amide bonds. The van der Waals surface area contributed by atoms with Gasteiger partial charge >= 0.3 is 18.2 Å². The van der Waals surface area contributed by atoms with Crippen LogP contribution in [0.2, 0.25) is 0 Å². The van der Waals surface area contributed by atoms with Crippen LogP contribution in [0.5, 0.6) is 0 Å². The molecule has 9 radical (unpaired) electrons. The van der Waals surface area contributed by atoms with Crippen LogP contribution in [0.4, 0.5) is 37.1 Å². The van der Waals surface area contributed by atoms with Crippen LogP contribution in [0.3, 0.4) is 0 Å². The number of urea groups is 1. The van der Waals surface area contributed by atoms with Crippen molar-refractivity contribution < 1.29 is 23.9 Å². The SMILES string of the molecule is C=C=C=C=C=C=C.CNC(=O)N(C)c1ccc2c(c1)N(C(=O)OC(C)(C)C)CC2.CNc1ccc2c(c1)N(C(=O)OC(C)(C)C)CC2.[B][B]B([B])B([B])[B]. The fraction of sp³-hybridized carbons (Fsp3) is 0.405. The lowest BCUT2D eigenvalue weighted by molar-refractivity contribution is 0.0573. The Kier molecular flexibility index (Phi) is 19.5. The Morgan fingerprint density at radius 1 is 0.815 bits per heavy atom. The van der Waals surface area contributed by atoms with E-state index in [1.165, 1.54) is 17.5 Å². The second-order valence-corrected chi connectivity index (χ2v) is 13.9. The van der Waals surface area contributed by atoms with Crippen LogP contribution >= 0.6 is 0 Å². The van der Waals surface area contributed by atoms with E-state index >= 15 is 0 Å². The largest absolute Gasteiger partial charge is 0.443 e. The topological polar surface area (TPSA) is 103 Å². The molecule has 2 aliphatic rings. The van der Waals surface area contributed by atoms with Gasteiger partial charge in [0, 0.05) is 96.4 Å². The quantitative estimate of drug-likeness (QED) is 0.352. The summed E-state index contributed by atoms with van der Waals surface area (Å²) in [5.74, 6) is 0. The van der Waals surface area contributed by atoms with Crippen molar-refractivity contribution in [2.24, 2.45) is 0 Å². The molecule has 54 heavy (non-hydrogen) atoms. The van der Waals surface area contributed by atoms with E-state index in [-0.39, 0.29) is 24.6 Å². The third-order valence-electron chi connectivity index (χ3n) is 7.34. The standard InChI is InChI=1S/C16H23N3O3.C14H20N2O2.C7H4.B7/c1-16(2,3)22-15(21)19-9-8-11-6-7-12(10-13(11)19)18(5)14(20)17-4;1-14(2,3)18-13(17)16-8-7-10-5-6-11(15-4)9-12(10)16;1-3-5-7-6-4-2;1-5-7(4)6(2)3/h6-7,10H,8-9H2,1-5H3,(H,17,20);5-6,9,15H,7-8H2,1-4H3;1-2H2;. The Morgan fingerprint density at radius 3 is 1.65 bits per heavy atom. The van der Waals surface area contributed by atoms with Crippen LogP contribution in [0.25, 0.3) is 0 Å². The first-order valence-electron chi connectivity index (χ1n) is 17.2. The van der Waals surface area contributed by atoms with Crippen molar-refractivity contribution in [2.75, 3.05) is 54.2 Å². The van der Waals surface area contributed by atoms with Crippen molar-refractivity contribution in [3.05, 3.63) is 89.3 Å². The zero-order chi connectivity index (χ0) is 41.2. The van der Waals surface area contributed by atoms with Gasteiger partial charge in [0.15, 0.2) is 0 Å². The molecule has 0 unspecified atom stereocenters. The highest BCUT2D eigenvalue weighted by molar-refractivity contribution is 7.81. The van der Waals surface area contributed by atoms with Gasteiger partial charge in [-0.3, -0.25) is 14.7 Å². The van der Waals surface area contributed by atoms with Crippen molar-refractivity contribution in [3.63, 3.8) is 0 Å². The molecule has 0 bridgehead atoms. The first-order chi connectivity index (χ1) is 25.2. The fourth-order valence-electron chi connectivity index (χ4n) is 4.66. The molecule has 4 rings (SSSR count). The molecule has 0 saturated carbocycles. The molecule has 0 fully saturated rings. The molecule has 2 N–H and O–H groups in total. The van der Waals surface area contributed by atoms with E-state index in [1.807, 2.05) is 78.9 Å². The number of benzene rings is 2. The van der Waals surface area contributed by atoms with Gasteiger partial charge in [-0.2, -0.15) is 0 Å². The summed E-state index contributed by atoms with van der Waals surface area (Å²) in [5.41, 5.74) is 16.8. The number of nitrogens with one attached hydrogen (secondary N) is 2. The Balaban J connectivity index is 0.000000405. The summed E-state index contributed by atoms with van der Waals surface area (Å²) in [6.45, 7) is 19.0. The molecular weight excluding hydrogens is 670 g/mol. The van der Waals surface area contributed by atoms with Gasteiger partial charge in [-0.25, -0.2) is 14.4 Å². The van der Waals surface area contributed by atoms with E-state index < -0.39 is 17.6 Å². The van der Waals surface area contributed by atoms with E-state index in [0.29, 0.717) is 13.1 Å². The van der Waals surface area contributed by atoms with Gasteiger partial charge in [0.05, 0.1) is 11.4 Å². The average molecular weight is 717 g/mol. The first kappa shape index (κ1) is 47.2. The van der Waals surface area contributed by atoms with Crippen molar-refractivity contribution in [1.82, 2.24) is 5.32 Å². The number of anilines is 4. The lowest BCUT2D eigenvalue weighted by Gasteiger charge is -2.25. The maximum Gasteiger partial charge on any atom is 0.414 e. The lowest BCUT2D eigenvalue weighted by atomic mass is 8.76. The summed E-state index contributed by atoms with van der Waals surface area (Å²) in [7, 11) is 26.7. The van der Waals surface area contributed by atoms with Crippen LogP contribution in [-0.2, 0) is 22.3 Å². The molecule has 271 valence electrons. The zero-order valence-electron chi connectivity index (χ0n) is 33.1. The molecule has 2 aromatic carbocycles. The number of ether oxygens (including phenoxy) is 2. The van der Waals surface area contributed by atoms with Crippen molar-refractivity contribution in [3.8, 4) is 0 Å². The van der Waals surface area contributed by atoms with Crippen LogP contribution in [0.1, 0.15) is 52.7 Å². The molecule has 0 atom stereocenters. The van der Waals surface area contributed by atoms with Gasteiger partial charge in [-0.1, -0.05) is 23.6 Å². The fourth-order valence-corrected chi connectivity index (χ4v) is 4.66. The molecule has 2 aromatic rings. The van der Waals surface area contributed by atoms with Crippen molar-refractivity contribution >= 4 is 91.7 Å². The number of nitrogens with zero attached hydrogens (tertiary/aromatic N) is 3. The van der Waals surface area contributed by atoms with Gasteiger partial charge in [-0.05, 0) is 120 Å². The second-order valence-electron chi connectivity index (χ2n) is 13.9. The molecule has 0 aromatic heterocycles. The number of carbonyl (C=O) groups excluding carboxylic acids is 3. The number of amides is 4. The molecule has 17 heteroatoms. The van der Waals surface area contributed by atoms with Gasteiger partial charge in [0.1, 0.15) is 11.2 Å². The smallest absolute Gasteiger partial charge is 0.414 e. The number of fused-ring (bicyclic) bond motifs is 2. The van der Waals surface area contributed by atoms with Gasteiger partial charge in [0.2, 0.25) is 0 Å². The molecule has 2 heterocycles. The normalized spacial score (nSPS) is 11.7. The number of rotatable bonds is 4. The number of hydrogen-bond donors (Lipinski definition) is 2. The minimum Gasteiger partial charge on any atom is -0.443 e. The molecule has 2 aliphatic heterocycles. The molecule has 0 saturated heterocycles. The molecule has 0 aliphatic carbocycles. The van der Waals surface area contributed by atoms with E-state index in [2.05, 4.69) is 58.5 Å². The summed E-state index contributed by atoms with van der Waals surface area (Å²) in [6.07, 6.45) is 0.127. The Hall–Kier alpha value is -4.86. The highest BCUT2D eigenvalue weighted by Gasteiger charge is 2.30. The van der Waals surface area contributed by atoms with E-state index in [0.717, 1.165) is 41.2 Å². The van der Waals surface area contributed by atoms with Crippen LogP contribution < -0.4 is 25.3 Å². The summed E-state index contributed by atoms with van der Waals surface area (Å²) >= 11 is 0. The number of carbonyl (C=O) groups is 3. The van der Waals surface area contributed by atoms with Gasteiger partial charge in [0.25, 0.3) is 0 Å². The maximum atomic E-state index is 12.3. The van der Waals surface area contributed by atoms with Crippen molar-refractivity contribution in [2.45, 2.75) is 65.6 Å². The lowest BCUT2D eigenvalue weighted by Crippen LogP contribution is -2.43. The highest BCUT2D eigenvalue weighted by atomic mass is 16.6. The molecular formula is C37H47B7N5O5. The minimum absolute atomic E-state index is 0.207. The predicted molar refractivity (Wildman–Crippen MR) is 229 cm³/mol. The van der Waals surface area contributed by atoms with Gasteiger partial charge in [-0.15, -0.1) is 0 Å². The third-order valence-corrected chi connectivity index (χ3v) is 7.34. The molecule has 0 spiro atoms. The zero-order valence-corrected chi connectivity index (χ0v) is 33.1. The van der Waals surface area contributed by atoms with Gasteiger partial charge < -0.3 is 20.1 Å². The van der Waals surface area contributed by atoms with Crippen LogP contribution in [0, 0.1) is 0 Å². The first-order valence-corrected chi connectivity index (χ1v) is 17.2. The predicted octanol–water partition coefficient (Wildman–Crippen LogP) is 4.70. The van der Waals surface area contributed by atoms with E-state index in [9.17, 15) is 14.4 Å². The summed E-state index contributed by atoms with van der Waals surface area (Å²) in [5, 5.41) is 5.66. The monoisotopic (exact) mass is 718 g/mol. The second kappa shape index (κ2) is 22.4. The summed E-state index contributed by atoms with van der Waals surface area (Å²) < 4.78 is 10.9. The Labute approximate surface area is 329 Å². The summed E-state index contributed by atoms with van der Waals surface area (Å²) in [4.78, 5) is 41.0. The summed E-state index contributed by atoms with van der Waals surface area (Å²) in [6, 6.07) is 11.6. The maximum absolute atomic E-state index is 12.3. The Bertz CT molecular complexity index is 1760. The van der Waals surface area contributed by atoms with E-state index in [4.69, 9.17) is 40.4 Å². The van der Waals surface area contributed by atoms with Crippen molar-refractivity contribution in [1.29, 1.82) is 0 Å².